The molecule has 17 heavy (non-hydrogen) atoms. The molecule has 0 atom stereocenters. The van der Waals surface area contributed by atoms with Gasteiger partial charge in [-0.2, -0.15) is 4.98 Å². The van der Waals surface area contributed by atoms with Gasteiger partial charge in [-0.15, -0.1) is 0 Å². The molecule has 0 aliphatic carbocycles. The van der Waals surface area contributed by atoms with E-state index in [4.69, 9.17) is 10.5 Å². The van der Waals surface area contributed by atoms with Crippen molar-refractivity contribution in [3.63, 3.8) is 0 Å². The van der Waals surface area contributed by atoms with Crippen LogP contribution in [0.2, 0.25) is 0 Å². The minimum atomic E-state index is 0.224. The number of benzene rings is 1. The van der Waals surface area contributed by atoms with Gasteiger partial charge in [0.1, 0.15) is 6.61 Å². The Bertz CT molecular complexity index is 514. The highest BCUT2D eigenvalue weighted by Crippen LogP contribution is 2.16. The van der Waals surface area contributed by atoms with Crippen molar-refractivity contribution in [3.8, 4) is 5.88 Å². The number of nitrogens with zero attached hydrogens (tertiary/aromatic N) is 2. The summed E-state index contributed by atoms with van der Waals surface area (Å²) in [5.41, 5.74) is 7.45. The van der Waals surface area contributed by atoms with Crippen LogP contribution in [-0.4, -0.2) is 9.97 Å². The molecule has 0 bridgehead atoms. The first kappa shape index (κ1) is 11.9. The van der Waals surface area contributed by atoms with E-state index in [-0.39, 0.29) is 5.95 Å². The normalized spacial score (nSPS) is 10.2. The quantitative estimate of drug-likeness (QED) is 0.945. The third kappa shape index (κ3) is 3.17. The van der Waals surface area contributed by atoms with Crippen LogP contribution in [-0.2, 0) is 6.61 Å². The molecule has 0 aliphatic rings. The van der Waals surface area contributed by atoms with E-state index in [1.807, 2.05) is 31.2 Å². The summed E-state index contributed by atoms with van der Waals surface area (Å²) >= 11 is 3.38. The minimum Gasteiger partial charge on any atom is -0.472 e. The average molecular weight is 294 g/mol. The van der Waals surface area contributed by atoms with E-state index < -0.39 is 0 Å². The highest BCUT2D eigenvalue weighted by atomic mass is 79.9. The summed E-state index contributed by atoms with van der Waals surface area (Å²) < 4.78 is 6.64. The summed E-state index contributed by atoms with van der Waals surface area (Å²) in [6, 6.07) is 7.92. The van der Waals surface area contributed by atoms with E-state index in [2.05, 4.69) is 25.9 Å². The Hall–Kier alpha value is -1.62. The van der Waals surface area contributed by atoms with Crippen molar-refractivity contribution in [2.45, 2.75) is 13.5 Å². The lowest BCUT2D eigenvalue weighted by atomic mass is 10.2. The number of nitrogens with two attached hydrogens (primary N) is 1. The van der Waals surface area contributed by atoms with Gasteiger partial charge in [0.15, 0.2) is 0 Å². The molecule has 88 valence electrons. The van der Waals surface area contributed by atoms with Crippen molar-refractivity contribution < 1.29 is 4.74 Å². The van der Waals surface area contributed by atoms with Crippen LogP contribution in [0.15, 0.2) is 34.9 Å². The first-order valence-electron chi connectivity index (χ1n) is 5.11. The topological polar surface area (TPSA) is 61.0 Å². The molecule has 0 radical (unpaired) electrons. The van der Waals surface area contributed by atoms with Crippen LogP contribution in [0, 0.1) is 6.92 Å². The maximum Gasteiger partial charge on any atom is 0.223 e. The Kier molecular flexibility index (Phi) is 3.58. The van der Waals surface area contributed by atoms with E-state index in [1.165, 1.54) is 0 Å². The van der Waals surface area contributed by atoms with Crippen molar-refractivity contribution >= 4 is 21.9 Å². The molecule has 1 heterocycles. The maximum atomic E-state index is 5.60. The Morgan fingerprint density at radius 1 is 1.29 bits per heavy atom. The number of halogens is 1. The molecule has 0 saturated carbocycles. The molecule has 2 rings (SSSR count). The number of nitrogen functional groups attached to an aromatic ring is 1. The van der Waals surface area contributed by atoms with Gasteiger partial charge in [0, 0.05) is 16.2 Å². The van der Waals surface area contributed by atoms with Crippen LogP contribution < -0.4 is 10.5 Å². The summed E-state index contributed by atoms with van der Waals surface area (Å²) in [5, 5.41) is 0. The number of aromatic nitrogens is 2. The Labute approximate surface area is 108 Å². The fourth-order valence-corrected chi connectivity index (χ4v) is 1.58. The van der Waals surface area contributed by atoms with Gasteiger partial charge in [-0.25, -0.2) is 4.98 Å². The molecule has 0 aliphatic heterocycles. The maximum absolute atomic E-state index is 5.60. The van der Waals surface area contributed by atoms with Crippen LogP contribution in [0.5, 0.6) is 5.88 Å². The number of aryl methyl sites for hydroxylation is 1. The summed E-state index contributed by atoms with van der Waals surface area (Å²) in [7, 11) is 0. The highest BCUT2D eigenvalue weighted by Gasteiger charge is 2.03. The lowest BCUT2D eigenvalue weighted by Gasteiger charge is -2.08. The summed E-state index contributed by atoms with van der Waals surface area (Å²) in [5.74, 6) is 0.752. The Morgan fingerprint density at radius 2 is 2.00 bits per heavy atom. The predicted octanol–water partition coefficient (Wildman–Crippen LogP) is 2.71. The number of hydrogen-bond acceptors (Lipinski definition) is 4. The Morgan fingerprint density at radius 3 is 2.71 bits per heavy atom. The van der Waals surface area contributed by atoms with E-state index in [0.29, 0.717) is 12.5 Å². The van der Waals surface area contributed by atoms with Crippen LogP contribution >= 0.6 is 15.9 Å². The minimum absolute atomic E-state index is 0.224. The predicted molar refractivity (Wildman–Crippen MR) is 69.7 cm³/mol. The molecule has 5 heteroatoms. The van der Waals surface area contributed by atoms with Crippen molar-refractivity contribution in [2.75, 3.05) is 5.73 Å². The van der Waals surface area contributed by atoms with Crippen molar-refractivity contribution in [3.05, 3.63) is 46.1 Å². The largest absolute Gasteiger partial charge is 0.472 e. The second-order valence-corrected chi connectivity index (χ2v) is 4.55. The number of ether oxygens (including phenoxy) is 1. The molecule has 0 unspecified atom stereocenters. The third-order valence-corrected chi connectivity index (χ3v) is 2.76. The van der Waals surface area contributed by atoms with Gasteiger partial charge >= 0.3 is 0 Å². The first-order chi connectivity index (χ1) is 8.15. The summed E-state index contributed by atoms with van der Waals surface area (Å²) in [6.07, 6.45) is 1.65. The van der Waals surface area contributed by atoms with E-state index in [1.54, 1.807) is 6.20 Å². The molecule has 2 aromatic rings. The molecule has 0 spiro atoms. The Balaban J connectivity index is 2.07. The van der Waals surface area contributed by atoms with Gasteiger partial charge in [0.05, 0.1) is 0 Å². The van der Waals surface area contributed by atoms with Gasteiger partial charge in [-0.3, -0.25) is 0 Å². The van der Waals surface area contributed by atoms with Crippen LogP contribution in [0.25, 0.3) is 0 Å². The number of anilines is 1. The number of rotatable bonds is 3. The summed E-state index contributed by atoms with van der Waals surface area (Å²) in [6.45, 7) is 2.35. The molecule has 1 aromatic heterocycles. The van der Waals surface area contributed by atoms with Crippen LogP contribution in [0.4, 0.5) is 5.95 Å². The van der Waals surface area contributed by atoms with Gasteiger partial charge in [-0.05, 0) is 24.6 Å². The van der Waals surface area contributed by atoms with E-state index >= 15 is 0 Å². The first-order valence-corrected chi connectivity index (χ1v) is 5.91. The van der Waals surface area contributed by atoms with Crippen molar-refractivity contribution in [1.29, 1.82) is 0 Å². The SMILES string of the molecule is Cc1cnc(N)nc1OCc1ccc(Br)cc1. The zero-order valence-corrected chi connectivity index (χ0v) is 10.9. The lowest BCUT2D eigenvalue weighted by Crippen LogP contribution is -2.02. The fraction of sp³-hybridized carbons (Fsp3) is 0.167. The standard InChI is InChI=1S/C12H12BrN3O/c1-8-6-15-12(14)16-11(8)17-7-9-2-4-10(13)5-3-9/h2-6H,7H2,1H3,(H2,14,15,16). The molecular formula is C12H12BrN3O. The smallest absolute Gasteiger partial charge is 0.223 e. The second kappa shape index (κ2) is 5.14. The average Bonchev–Trinajstić information content (AvgIpc) is 2.32. The van der Waals surface area contributed by atoms with Crippen LogP contribution in [0.3, 0.4) is 0 Å². The molecular weight excluding hydrogens is 282 g/mol. The molecule has 2 N–H and O–H groups in total. The van der Waals surface area contributed by atoms with Gasteiger partial charge in [0.25, 0.3) is 0 Å². The third-order valence-electron chi connectivity index (χ3n) is 2.23. The van der Waals surface area contributed by atoms with Gasteiger partial charge < -0.3 is 10.5 Å². The highest BCUT2D eigenvalue weighted by molar-refractivity contribution is 9.10. The van der Waals surface area contributed by atoms with E-state index in [9.17, 15) is 0 Å². The van der Waals surface area contributed by atoms with Crippen molar-refractivity contribution in [1.82, 2.24) is 9.97 Å². The zero-order valence-electron chi connectivity index (χ0n) is 9.35. The molecule has 1 aromatic carbocycles. The second-order valence-electron chi connectivity index (χ2n) is 3.63. The van der Waals surface area contributed by atoms with Gasteiger partial charge in [-0.1, -0.05) is 28.1 Å². The zero-order chi connectivity index (χ0) is 12.3. The summed E-state index contributed by atoms with van der Waals surface area (Å²) in [4.78, 5) is 7.93. The van der Waals surface area contributed by atoms with Crippen LogP contribution in [0.1, 0.15) is 11.1 Å². The molecule has 0 amide bonds. The molecule has 0 fully saturated rings. The van der Waals surface area contributed by atoms with Crippen molar-refractivity contribution in [2.24, 2.45) is 0 Å². The number of hydrogen-bond donors (Lipinski definition) is 1. The lowest BCUT2D eigenvalue weighted by molar-refractivity contribution is 0.291. The fourth-order valence-electron chi connectivity index (χ4n) is 1.32. The van der Waals surface area contributed by atoms with Gasteiger partial charge in [0.2, 0.25) is 11.8 Å². The van der Waals surface area contributed by atoms with E-state index in [0.717, 1.165) is 15.6 Å². The molecule has 4 nitrogen and oxygen atoms in total. The monoisotopic (exact) mass is 293 g/mol. The molecule has 0 saturated heterocycles.